The van der Waals surface area contributed by atoms with E-state index in [-0.39, 0.29) is 22.0 Å². The fraction of sp³-hybridized carbons (Fsp3) is 0.188. The van der Waals surface area contributed by atoms with E-state index < -0.39 is 0 Å². The van der Waals surface area contributed by atoms with Crippen LogP contribution < -0.4 is 0 Å². The molecule has 0 saturated heterocycles. The minimum Gasteiger partial charge on any atom is -0.507 e. The molecule has 11 rings (SSSR count). The maximum atomic E-state index is 12.6. The quantitative estimate of drug-likeness (QED) is 0.181. The van der Waals surface area contributed by atoms with Gasteiger partial charge in [-0.3, -0.25) is 9.55 Å². The topological polar surface area (TPSA) is 64.1 Å². The highest BCUT2D eigenvalue weighted by molar-refractivity contribution is 6.13. The molecule has 69 heavy (non-hydrogen) atoms. The molecule has 0 aliphatic rings. The SMILES string of the molecule is CC(C)(C)c1ccc(-n2c(-c3cc(C(C)(C)C)cc(C(C)(C)C)c3O)nc3c(-c4cc(-c5ccccc5)cc(-c5nccc6c5oc5cc7ccccc7cc56)c4)cccc32)c(-c2ccccc2)c1. The van der Waals surface area contributed by atoms with Crippen LogP contribution >= 0.6 is 0 Å². The average Bonchev–Trinajstić information content (AvgIpc) is 3.91. The van der Waals surface area contributed by atoms with Crippen LogP contribution in [0.15, 0.2) is 180 Å². The van der Waals surface area contributed by atoms with Gasteiger partial charge >= 0.3 is 0 Å². The van der Waals surface area contributed by atoms with Gasteiger partial charge in [0.05, 0.1) is 22.3 Å². The van der Waals surface area contributed by atoms with Gasteiger partial charge in [-0.05, 0) is 121 Å². The second kappa shape index (κ2) is 16.2. The fourth-order valence-corrected chi connectivity index (χ4v) is 9.92. The van der Waals surface area contributed by atoms with Gasteiger partial charge in [0.25, 0.3) is 0 Å². The first-order valence-electron chi connectivity index (χ1n) is 24.0. The van der Waals surface area contributed by atoms with Crippen molar-refractivity contribution in [2.45, 2.75) is 78.6 Å². The van der Waals surface area contributed by atoms with Gasteiger partial charge in [0.1, 0.15) is 22.9 Å². The van der Waals surface area contributed by atoms with Crippen LogP contribution in [-0.4, -0.2) is 19.6 Å². The lowest BCUT2D eigenvalue weighted by Crippen LogP contribution is -2.17. The average molecular weight is 900 g/mol. The Morgan fingerprint density at radius 2 is 1.12 bits per heavy atom. The molecule has 0 fully saturated rings. The zero-order valence-corrected chi connectivity index (χ0v) is 40.9. The van der Waals surface area contributed by atoms with E-state index >= 15 is 0 Å². The molecule has 0 spiro atoms. The van der Waals surface area contributed by atoms with Gasteiger partial charge in [-0.25, -0.2) is 4.98 Å². The van der Waals surface area contributed by atoms with Crippen molar-refractivity contribution >= 4 is 43.7 Å². The number of fused-ring (bicyclic) bond motifs is 5. The molecule has 340 valence electrons. The molecule has 3 heterocycles. The molecule has 0 atom stereocenters. The fourth-order valence-electron chi connectivity index (χ4n) is 9.92. The lowest BCUT2D eigenvalue weighted by atomic mass is 9.79. The lowest BCUT2D eigenvalue weighted by molar-refractivity contribution is 0.446. The number of para-hydroxylation sites is 1. The first-order valence-corrected chi connectivity index (χ1v) is 24.0. The second-order valence-corrected chi connectivity index (χ2v) is 21.7. The molecule has 0 bridgehead atoms. The van der Waals surface area contributed by atoms with Gasteiger partial charge < -0.3 is 9.52 Å². The Hall–Kier alpha value is -7.76. The highest BCUT2D eigenvalue weighted by Crippen LogP contribution is 2.47. The molecule has 0 amide bonds. The summed E-state index contributed by atoms with van der Waals surface area (Å²) in [5.41, 5.74) is 15.6. The molecule has 5 nitrogen and oxygen atoms in total. The van der Waals surface area contributed by atoms with Crippen molar-refractivity contribution in [1.29, 1.82) is 0 Å². The van der Waals surface area contributed by atoms with Crippen molar-refractivity contribution in [2.24, 2.45) is 0 Å². The van der Waals surface area contributed by atoms with Crippen LogP contribution in [0.25, 0.3) is 105 Å². The normalized spacial score (nSPS) is 12.5. The third-order valence-corrected chi connectivity index (χ3v) is 13.8. The lowest BCUT2D eigenvalue weighted by Gasteiger charge is -2.28. The van der Waals surface area contributed by atoms with Crippen molar-refractivity contribution in [3.63, 3.8) is 0 Å². The van der Waals surface area contributed by atoms with Crippen LogP contribution in [0.2, 0.25) is 0 Å². The summed E-state index contributed by atoms with van der Waals surface area (Å²) < 4.78 is 9.06. The van der Waals surface area contributed by atoms with Crippen LogP contribution in [0.5, 0.6) is 5.75 Å². The molecule has 1 N–H and O–H groups in total. The maximum Gasteiger partial charge on any atom is 0.161 e. The Balaban J connectivity index is 1.22. The van der Waals surface area contributed by atoms with Gasteiger partial charge in [0, 0.05) is 39.2 Å². The van der Waals surface area contributed by atoms with Crippen LogP contribution in [0.1, 0.15) is 79.0 Å². The molecule has 11 aromatic rings. The van der Waals surface area contributed by atoms with Crippen LogP contribution in [0.3, 0.4) is 0 Å². The van der Waals surface area contributed by atoms with E-state index in [1.165, 1.54) is 10.9 Å². The molecule has 0 unspecified atom stereocenters. The molecule has 8 aromatic carbocycles. The number of furan rings is 1. The molecule has 0 radical (unpaired) electrons. The zero-order valence-electron chi connectivity index (χ0n) is 40.9. The summed E-state index contributed by atoms with van der Waals surface area (Å²) in [4.78, 5) is 10.8. The number of imidazole rings is 1. The summed E-state index contributed by atoms with van der Waals surface area (Å²) in [6, 6.07) is 60.3. The number of nitrogens with zero attached hydrogens (tertiary/aromatic N) is 3. The first-order chi connectivity index (χ1) is 33.0. The Morgan fingerprint density at radius 1 is 0.478 bits per heavy atom. The van der Waals surface area contributed by atoms with Crippen molar-refractivity contribution in [1.82, 2.24) is 14.5 Å². The molecular formula is C64H57N3O2. The maximum absolute atomic E-state index is 12.6. The summed E-state index contributed by atoms with van der Waals surface area (Å²) in [7, 11) is 0. The number of phenols is 1. The molecule has 0 saturated carbocycles. The second-order valence-electron chi connectivity index (χ2n) is 21.7. The number of hydrogen-bond acceptors (Lipinski definition) is 4. The van der Waals surface area contributed by atoms with Crippen molar-refractivity contribution < 1.29 is 9.52 Å². The summed E-state index contributed by atoms with van der Waals surface area (Å²) in [6.45, 7) is 20.0. The molecule has 5 heteroatoms. The van der Waals surface area contributed by atoms with Crippen molar-refractivity contribution in [3.8, 4) is 67.5 Å². The van der Waals surface area contributed by atoms with Crippen LogP contribution in [0.4, 0.5) is 0 Å². The predicted octanol–water partition coefficient (Wildman–Crippen LogP) is 17.4. The molecular weight excluding hydrogens is 843 g/mol. The van der Waals surface area contributed by atoms with Gasteiger partial charge in [0.15, 0.2) is 5.58 Å². The van der Waals surface area contributed by atoms with Crippen molar-refractivity contribution in [3.05, 3.63) is 193 Å². The molecule has 0 aliphatic carbocycles. The number of aromatic nitrogens is 3. The minimum absolute atomic E-state index is 0.0902. The van der Waals surface area contributed by atoms with Gasteiger partial charge in [-0.15, -0.1) is 0 Å². The Morgan fingerprint density at radius 3 is 1.81 bits per heavy atom. The van der Waals surface area contributed by atoms with E-state index in [0.29, 0.717) is 11.4 Å². The first kappa shape index (κ1) is 43.8. The summed E-state index contributed by atoms with van der Waals surface area (Å²) in [5, 5.41) is 17.0. The number of rotatable bonds is 6. The van der Waals surface area contributed by atoms with E-state index in [2.05, 4.69) is 237 Å². The highest BCUT2D eigenvalue weighted by Gasteiger charge is 2.30. The van der Waals surface area contributed by atoms with Crippen LogP contribution in [0, 0.1) is 0 Å². The number of hydrogen-bond donors (Lipinski definition) is 1. The Labute approximate surface area is 404 Å². The van der Waals surface area contributed by atoms with Crippen LogP contribution in [-0.2, 0) is 16.2 Å². The zero-order chi connectivity index (χ0) is 48.0. The van der Waals surface area contributed by atoms with Gasteiger partial charge in [-0.1, -0.05) is 172 Å². The third-order valence-electron chi connectivity index (χ3n) is 13.8. The standard InChI is InChI=1S/C64H57N3O2/c1-62(2,3)46-27-28-54(50(36-46)40-21-14-11-15-22-40)67-55-26-18-25-48(58(55)66-61(67)52-37-47(63(4,5)6)38-53(59(52)68)64(7,8)9)44-31-43(39-19-12-10-13-20-39)32-45(33-44)57-60-49(29-30-65-57)51-34-41-23-16-17-24-42(41)35-56(51)69-60/h10-38,68H,1-9H3. The molecule has 3 aromatic heterocycles. The molecule has 0 aliphatic heterocycles. The van der Waals surface area contributed by atoms with E-state index in [4.69, 9.17) is 14.4 Å². The minimum atomic E-state index is -0.343. The van der Waals surface area contributed by atoms with E-state index in [9.17, 15) is 5.11 Å². The smallest absolute Gasteiger partial charge is 0.161 e. The number of phenolic OH excluding ortho intramolecular Hbond substituents is 1. The van der Waals surface area contributed by atoms with E-state index in [1.54, 1.807) is 0 Å². The highest BCUT2D eigenvalue weighted by atomic mass is 16.3. The summed E-state index contributed by atoms with van der Waals surface area (Å²) in [5.74, 6) is 0.917. The Bertz CT molecular complexity index is 3780. The summed E-state index contributed by atoms with van der Waals surface area (Å²) >= 11 is 0. The van der Waals surface area contributed by atoms with Gasteiger partial charge in [-0.2, -0.15) is 0 Å². The number of pyridine rings is 1. The van der Waals surface area contributed by atoms with Crippen molar-refractivity contribution in [2.75, 3.05) is 0 Å². The third kappa shape index (κ3) is 7.76. The Kier molecular flexibility index (Phi) is 10.3. The monoisotopic (exact) mass is 899 g/mol. The van der Waals surface area contributed by atoms with E-state index in [1.807, 2.05) is 6.20 Å². The largest absolute Gasteiger partial charge is 0.507 e. The number of benzene rings is 8. The predicted molar refractivity (Wildman–Crippen MR) is 289 cm³/mol. The number of aromatic hydroxyl groups is 1. The summed E-state index contributed by atoms with van der Waals surface area (Å²) in [6.07, 6.45) is 1.89. The van der Waals surface area contributed by atoms with E-state index in [0.717, 1.165) is 99.8 Å². The van der Waals surface area contributed by atoms with Gasteiger partial charge in [0.2, 0.25) is 0 Å².